The van der Waals surface area contributed by atoms with Gasteiger partial charge in [-0.15, -0.1) is 0 Å². The summed E-state index contributed by atoms with van der Waals surface area (Å²) in [5.41, 5.74) is 1.40. The van der Waals surface area contributed by atoms with Crippen LogP contribution in [0.5, 0.6) is 0 Å². The van der Waals surface area contributed by atoms with Crippen LogP contribution in [0, 0.1) is 11.8 Å². The first kappa shape index (κ1) is 9.10. The summed E-state index contributed by atoms with van der Waals surface area (Å²) in [6.07, 6.45) is 1.53. The van der Waals surface area contributed by atoms with Crippen molar-refractivity contribution in [3.8, 4) is 0 Å². The van der Waals surface area contributed by atoms with Crippen molar-refractivity contribution in [1.82, 2.24) is 5.48 Å². The summed E-state index contributed by atoms with van der Waals surface area (Å²) in [6.45, 7) is 3.40. The zero-order chi connectivity index (χ0) is 8.15. The molecular weight excluding hydrogens is 134 g/mol. The van der Waals surface area contributed by atoms with E-state index in [9.17, 15) is 9.59 Å². The molecular formula is C6H10NO3. The number of amides is 1. The number of carbonyl (C=O) groups is 1. The van der Waals surface area contributed by atoms with Gasteiger partial charge in [0.05, 0.1) is 0 Å². The molecule has 2 N–H and O–H groups in total. The first-order chi connectivity index (χ1) is 4.63. The number of carbonyl (C=O) groups excluding carboxylic acids is 2. The second-order valence-corrected chi connectivity index (χ2v) is 2.32. The molecule has 4 heteroatoms. The van der Waals surface area contributed by atoms with Crippen LogP contribution in [0.4, 0.5) is 0 Å². The zero-order valence-corrected chi connectivity index (χ0v) is 5.92. The largest absolute Gasteiger partial charge is 0.290 e. The summed E-state index contributed by atoms with van der Waals surface area (Å²) >= 11 is 0. The van der Waals surface area contributed by atoms with Crippen LogP contribution < -0.4 is 5.48 Å². The van der Waals surface area contributed by atoms with Crippen LogP contribution in [0.1, 0.15) is 13.8 Å². The molecule has 0 aromatic carbocycles. The standard InChI is InChI=1S/C6H10NO3/c1-4(2)5(3-8)6(9)7-10/h4-5,10H,1-2H3,(H,7,9). The van der Waals surface area contributed by atoms with Crippen molar-refractivity contribution in [2.24, 2.45) is 11.8 Å². The third-order valence-corrected chi connectivity index (χ3v) is 1.19. The van der Waals surface area contributed by atoms with Crippen LogP contribution in [0.3, 0.4) is 0 Å². The molecule has 0 aromatic heterocycles. The Morgan fingerprint density at radius 3 is 2.20 bits per heavy atom. The molecule has 1 radical (unpaired) electrons. The summed E-state index contributed by atoms with van der Waals surface area (Å²) in [4.78, 5) is 20.6. The fraction of sp³-hybridized carbons (Fsp3) is 0.667. The minimum Gasteiger partial charge on any atom is -0.290 e. The highest BCUT2D eigenvalue weighted by atomic mass is 16.5. The Labute approximate surface area is 59.2 Å². The molecule has 0 aliphatic carbocycles. The Balaban J connectivity index is 4.06. The van der Waals surface area contributed by atoms with Crippen LogP contribution in [0.2, 0.25) is 0 Å². The van der Waals surface area contributed by atoms with E-state index in [2.05, 4.69) is 0 Å². The van der Waals surface area contributed by atoms with Gasteiger partial charge in [-0.3, -0.25) is 14.8 Å². The number of hydroxylamine groups is 1. The Morgan fingerprint density at radius 1 is 1.60 bits per heavy atom. The van der Waals surface area contributed by atoms with E-state index in [0.717, 1.165) is 0 Å². The van der Waals surface area contributed by atoms with Crippen molar-refractivity contribution in [2.75, 3.05) is 0 Å². The molecule has 0 bridgehead atoms. The summed E-state index contributed by atoms with van der Waals surface area (Å²) in [5, 5.41) is 8.11. The van der Waals surface area contributed by atoms with Gasteiger partial charge in [0, 0.05) is 0 Å². The lowest BCUT2D eigenvalue weighted by molar-refractivity contribution is -0.132. The highest BCUT2D eigenvalue weighted by Gasteiger charge is 2.21. The van der Waals surface area contributed by atoms with Crippen LogP contribution in [0.15, 0.2) is 0 Å². The van der Waals surface area contributed by atoms with Crippen molar-refractivity contribution < 1.29 is 14.8 Å². The Bertz CT molecular complexity index is 133. The van der Waals surface area contributed by atoms with Crippen molar-refractivity contribution in [3.05, 3.63) is 0 Å². The van der Waals surface area contributed by atoms with E-state index in [1.165, 1.54) is 11.8 Å². The fourth-order valence-corrected chi connectivity index (χ4v) is 0.562. The van der Waals surface area contributed by atoms with Gasteiger partial charge < -0.3 is 0 Å². The quantitative estimate of drug-likeness (QED) is 0.329. The zero-order valence-electron chi connectivity index (χ0n) is 5.92. The maximum Gasteiger partial charge on any atom is 0.254 e. The van der Waals surface area contributed by atoms with Crippen molar-refractivity contribution >= 4 is 12.2 Å². The van der Waals surface area contributed by atoms with E-state index in [1.54, 1.807) is 13.8 Å². The Kier molecular flexibility index (Phi) is 3.64. The van der Waals surface area contributed by atoms with Crippen LogP contribution in [0.25, 0.3) is 0 Å². The highest BCUT2D eigenvalue weighted by molar-refractivity contribution is 5.91. The number of rotatable bonds is 3. The highest BCUT2D eigenvalue weighted by Crippen LogP contribution is 2.06. The molecule has 0 saturated carbocycles. The molecule has 0 spiro atoms. The lowest BCUT2D eigenvalue weighted by atomic mass is 9.97. The minimum atomic E-state index is -0.870. The van der Waals surface area contributed by atoms with E-state index in [1.807, 2.05) is 0 Å². The van der Waals surface area contributed by atoms with Crippen molar-refractivity contribution in [3.63, 3.8) is 0 Å². The molecule has 1 amide bonds. The first-order valence-corrected chi connectivity index (χ1v) is 2.95. The van der Waals surface area contributed by atoms with E-state index in [-0.39, 0.29) is 5.92 Å². The van der Waals surface area contributed by atoms with E-state index in [4.69, 9.17) is 5.21 Å². The maximum absolute atomic E-state index is 10.6. The predicted octanol–water partition coefficient (Wildman–Crippen LogP) is -0.126. The van der Waals surface area contributed by atoms with E-state index >= 15 is 0 Å². The average molecular weight is 144 g/mol. The molecule has 0 aromatic rings. The lowest BCUT2D eigenvalue weighted by Gasteiger charge is -2.09. The lowest BCUT2D eigenvalue weighted by Crippen LogP contribution is -2.32. The normalized spacial score (nSPS) is 12.8. The summed E-state index contributed by atoms with van der Waals surface area (Å²) in [5.74, 6) is -1.71. The van der Waals surface area contributed by atoms with E-state index in [0.29, 0.717) is 0 Å². The van der Waals surface area contributed by atoms with E-state index < -0.39 is 11.8 Å². The SMILES string of the molecule is CC(C)C([C]=O)C(=O)NO. The number of nitrogens with one attached hydrogen (secondary N) is 1. The maximum atomic E-state index is 10.6. The van der Waals surface area contributed by atoms with Crippen LogP contribution in [-0.4, -0.2) is 17.4 Å². The van der Waals surface area contributed by atoms with Gasteiger partial charge in [-0.2, -0.15) is 0 Å². The second-order valence-electron chi connectivity index (χ2n) is 2.32. The molecule has 57 valence electrons. The van der Waals surface area contributed by atoms with Crippen molar-refractivity contribution in [2.45, 2.75) is 13.8 Å². The monoisotopic (exact) mass is 144 g/mol. The van der Waals surface area contributed by atoms with Gasteiger partial charge in [0.15, 0.2) is 0 Å². The van der Waals surface area contributed by atoms with Crippen molar-refractivity contribution in [1.29, 1.82) is 0 Å². The Hall–Kier alpha value is -0.900. The van der Waals surface area contributed by atoms with Gasteiger partial charge in [-0.25, -0.2) is 5.48 Å². The van der Waals surface area contributed by atoms with Gasteiger partial charge in [-0.1, -0.05) is 13.8 Å². The molecule has 4 nitrogen and oxygen atoms in total. The van der Waals surface area contributed by atoms with Crippen LogP contribution in [-0.2, 0) is 9.59 Å². The molecule has 0 fully saturated rings. The third kappa shape index (κ3) is 2.14. The molecule has 0 aliphatic heterocycles. The molecule has 0 rings (SSSR count). The number of hydrogen-bond acceptors (Lipinski definition) is 3. The number of hydrogen-bond donors (Lipinski definition) is 2. The van der Waals surface area contributed by atoms with Gasteiger partial charge >= 0.3 is 0 Å². The molecule has 0 aliphatic rings. The minimum absolute atomic E-state index is 0.135. The van der Waals surface area contributed by atoms with Gasteiger partial charge in [0.25, 0.3) is 5.91 Å². The molecule has 1 unspecified atom stereocenters. The second kappa shape index (κ2) is 4.00. The first-order valence-electron chi connectivity index (χ1n) is 2.95. The molecule has 0 heterocycles. The van der Waals surface area contributed by atoms with Crippen LogP contribution >= 0.6 is 0 Å². The fourth-order valence-electron chi connectivity index (χ4n) is 0.562. The molecule has 0 saturated heterocycles. The van der Waals surface area contributed by atoms with Gasteiger partial charge in [-0.05, 0) is 5.92 Å². The topological polar surface area (TPSA) is 66.4 Å². The van der Waals surface area contributed by atoms with Gasteiger partial charge in [0.1, 0.15) is 5.92 Å². The predicted molar refractivity (Wildman–Crippen MR) is 34.0 cm³/mol. The third-order valence-electron chi connectivity index (χ3n) is 1.19. The summed E-state index contributed by atoms with van der Waals surface area (Å²) < 4.78 is 0. The van der Waals surface area contributed by atoms with Gasteiger partial charge in [0.2, 0.25) is 6.29 Å². The average Bonchev–Trinajstić information content (AvgIpc) is 1.88. The Morgan fingerprint density at radius 2 is 2.10 bits per heavy atom. The summed E-state index contributed by atoms with van der Waals surface area (Å²) in [7, 11) is 0. The molecule has 10 heavy (non-hydrogen) atoms. The summed E-state index contributed by atoms with van der Waals surface area (Å²) in [6, 6.07) is 0. The smallest absolute Gasteiger partial charge is 0.254 e. The molecule has 1 atom stereocenters.